The Bertz CT molecular complexity index is 559. The number of para-hydroxylation sites is 1. The molecule has 0 aromatic heterocycles. The van der Waals surface area contributed by atoms with Crippen LogP contribution in [0.5, 0.6) is 5.75 Å². The molecule has 0 bridgehead atoms. The van der Waals surface area contributed by atoms with Gasteiger partial charge < -0.3 is 15.4 Å². The van der Waals surface area contributed by atoms with Crippen LogP contribution in [-0.2, 0) is 9.59 Å². The number of rotatable bonds is 8. The second kappa shape index (κ2) is 9.25. The van der Waals surface area contributed by atoms with Gasteiger partial charge in [-0.05, 0) is 38.3 Å². The second-order valence-corrected chi connectivity index (χ2v) is 6.14. The van der Waals surface area contributed by atoms with Crippen molar-refractivity contribution in [1.29, 1.82) is 0 Å². The minimum absolute atomic E-state index is 0.0296. The largest absolute Gasteiger partial charge is 0.490 e. The Morgan fingerprint density at radius 1 is 1.29 bits per heavy atom. The molecule has 24 heavy (non-hydrogen) atoms. The third-order valence-electron chi connectivity index (χ3n) is 4.19. The number of benzene rings is 1. The van der Waals surface area contributed by atoms with E-state index in [1.54, 1.807) is 25.1 Å². The predicted octanol–water partition coefficient (Wildman–Crippen LogP) is 2.41. The van der Waals surface area contributed by atoms with Crippen molar-refractivity contribution in [3.05, 3.63) is 30.1 Å². The van der Waals surface area contributed by atoms with E-state index in [-0.39, 0.29) is 23.5 Å². The van der Waals surface area contributed by atoms with Crippen LogP contribution in [0, 0.1) is 11.7 Å². The molecule has 5 nitrogen and oxygen atoms in total. The summed E-state index contributed by atoms with van der Waals surface area (Å²) in [4.78, 5) is 23.9. The zero-order valence-corrected chi connectivity index (χ0v) is 14.0. The summed E-state index contributed by atoms with van der Waals surface area (Å²) in [5.41, 5.74) is 0. The van der Waals surface area contributed by atoms with E-state index in [0.29, 0.717) is 19.6 Å². The molecule has 0 saturated heterocycles. The molecule has 2 N–H and O–H groups in total. The molecule has 2 rings (SSSR count). The van der Waals surface area contributed by atoms with Crippen LogP contribution in [-0.4, -0.2) is 31.0 Å². The normalized spacial score (nSPS) is 15.8. The summed E-state index contributed by atoms with van der Waals surface area (Å²) in [5.74, 6) is -0.384. The van der Waals surface area contributed by atoms with Crippen LogP contribution in [0.15, 0.2) is 24.3 Å². The van der Waals surface area contributed by atoms with Gasteiger partial charge in [-0.15, -0.1) is 0 Å². The molecule has 1 aliphatic carbocycles. The molecular formula is C18H25FN2O3. The summed E-state index contributed by atoms with van der Waals surface area (Å²) >= 11 is 0. The summed E-state index contributed by atoms with van der Waals surface area (Å²) in [6.45, 7) is 2.40. The SMILES string of the molecule is C[C@H](NC(=O)C1CCCC1)C(=O)NCCCOc1ccccc1F. The van der Waals surface area contributed by atoms with E-state index in [9.17, 15) is 14.0 Å². The lowest BCUT2D eigenvalue weighted by atomic mass is 10.1. The fourth-order valence-electron chi connectivity index (χ4n) is 2.77. The molecule has 6 heteroatoms. The van der Waals surface area contributed by atoms with E-state index in [1.165, 1.54) is 6.07 Å². The average molecular weight is 336 g/mol. The molecule has 1 aromatic carbocycles. The fraction of sp³-hybridized carbons (Fsp3) is 0.556. The number of nitrogens with one attached hydrogen (secondary N) is 2. The summed E-state index contributed by atoms with van der Waals surface area (Å²) in [7, 11) is 0. The molecule has 0 heterocycles. The molecule has 1 aromatic rings. The summed E-state index contributed by atoms with van der Waals surface area (Å²) in [5, 5.41) is 5.52. The molecule has 0 spiro atoms. The molecular weight excluding hydrogens is 311 g/mol. The molecule has 0 aliphatic heterocycles. The fourth-order valence-corrected chi connectivity index (χ4v) is 2.77. The lowest BCUT2D eigenvalue weighted by Crippen LogP contribution is -2.46. The molecule has 0 unspecified atom stereocenters. The first kappa shape index (κ1) is 18.2. The Labute approximate surface area is 142 Å². The number of ether oxygens (including phenoxy) is 1. The van der Waals surface area contributed by atoms with Gasteiger partial charge in [0.25, 0.3) is 0 Å². The van der Waals surface area contributed by atoms with Crippen LogP contribution in [0.3, 0.4) is 0 Å². The van der Waals surface area contributed by atoms with Gasteiger partial charge in [0.05, 0.1) is 6.61 Å². The zero-order valence-electron chi connectivity index (χ0n) is 14.0. The average Bonchev–Trinajstić information content (AvgIpc) is 3.10. The van der Waals surface area contributed by atoms with Crippen molar-refractivity contribution in [2.24, 2.45) is 5.92 Å². The number of carbonyl (C=O) groups is 2. The van der Waals surface area contributed by atoms with Crippen molar-refractivity contribution in [2.75, 3.05) is 13.2 Å². The topological polar surface area (TPSA) is 67.4 Å². The minimum atomic E-state index is -0.550. The lowest BCUT2D eigenvalue weighted by molar-refractivity contribution is -0.130. The van der Waals surface area contributed by atoms with Gasteiger partial charge >= 0.3 is 0 Å². The van der Waals surface area contributed by atoms with Crippen molar-refractivity contribution in [3.63, 3.8) is 0 Å². The Morgan fingerprint density at radius 3 is 2.71 bits per heavy atom. The first-order chi connectivity index (χ1) is 11.6. The third-order valence-corrected chi connectivity index (χ3v) is 4.19. The first-order valence-corrected chi connectivity index (χ1v) is 8.53. The predicted molar refractivity (Wildman–Crippen MR) is 89.1 cm³/mol. The van der Waals surface area contributed by atoms with Gasteiger partial charge in [0.2, 0.25) is 11.8 Å². The minimum Gasteiger partial charge on any atom is -0.490 e. The molecule has 1 aliphatic rings. The maximum Gasteiger partial charge on any atom is 0.242 e. The summed E-state index contributed by atoms with van der Waals surface area (Å²) in [6.07, 6.45) is 4.55. The van der Waals surface area contributed by atoms with E-state index in [2.05, 4.69) is 10.6 Å². The summed E-state index contributed by atoms with van der Waals surface area (Å²) < 4.78 is 18.7. The van der Waals surface area contributed by atoms with Gasteiger partial charge in [0, 0.05) is 12.5 Å². The number of hydrogen-bond acceptors (Lipinski definition) is 3. The summed E-state index contributed by atoms with van der Waals surface area (Å²) in [6, 6.07) is 5.66. The van der Waals surface area contributed by atoms with Crippen LogP contribution in [0.1, 0.15) is 39.0 Å². The number of halogens is 1. The molecule has 132 valence electrons. The third kappa shape index (κ3) is 5.51. The van der Waals surface area contributed by atoms with Gasteiger partial charge in [-0.2, -0.15) is 0 Å². The highest BCUT2D eigenvalue weighted by Crippen LogP contribution is 2.24. The van der Waals surface area contributed by atoms with Gasteiger partial charge in [-0.3, -0.25) is 9.59 Å². The van der Waals surface area contributed by atoms with Crippen LogP contribution in [0.25, 0.3) is 0 Å². The Balaban J connectivity index is 1.60. The molecule has 1 fully saturated rings. The molecule has 2 amide bonds. The quantitative estimate of drug-likeness (QED) is 0.717. The molecule has 1 saturated carbocycles. The van der Waals surface area contributed by atoms with Crippen molar-refractivity contribution in [1.82, 2.24) is 10.6 Å². The number of amides is 2. The Hall–Kier alpha value is -2.11. The zero-order chi connectivity index (χ0) is 17.4. The standard InChI is InChI=1S/C18H25FN2O3/c1-13(21-18(23)14-7-2-3-8-14)17(22)20-11-6-12-24-16-10-5-4-9-15(16)19/h4-5,9-10,13-14H,2-3,6-8,11-12H2,1H3,(H,20,22)(H,21,23)/t13-/m0/s1. The van der Waals surface area contributed by atoms with Gasteiger partial charge in [0.1, 0.15) is 6.04 Å². The highest BCUT2D eigenvalue weighted by molar-refractivity contribution is 5.88. The van der Waals surface area contributed by atoms with Crippen molar-refractivity contribution < 1.29 is 18.7 Å². The van der Waals surface area contributed by atoms with E-state index in [0.717, 1.165) is 25.7 Å². The van der Waals surface area contributed by atoms with Crippen LogP contribution in [0.2, 0.25) is 0 Å². The first-order valence-electron chi connectivity index (χ1n) is 8.53. The van der Waals surface area contributed by atoms with E-state index in [1.807, 2.05) is 0 Å². The second-order valence-electron chi connectivity index (χ2n) is 6.14. The van der Waals surface area contributed by atoms with Crippen molar-refractivity contribution in [2.45, 2.75) is 45.1 Å². The van der Waals surface area contributed by atoms with Crippen molar-refractivity contribution >= 4 is 11.8 Å². The molecule has 1 atom stereocenters. The van der Waals surface area contributed by atoms with Gasteiger partial charge in [0.15, 0.2) is 11.6 Å². The van der Waals surface area contributed by atoms with E-state index >= 15 is 0 Å². The maximum absolute atomic E-state index is 13.3. The Morgan fingerprint density at radius 2 is 2.00 bits per heavy atom. The van der Waals surface area contributed by atoms with Crippen LogP contribution >= 0.6 is 0 Å². The lowest BCUT2D eigenvalue weighted by Gasteiger charge is -2.16. The highest BCUT2D eigenvalue weighted by Gasteiger charge is 2.25. The van der Waals surface area contributed by atoms with Gasteiger partial charge in [-0.25, -0.2) is 4.39 Å². The maximum atomic E-state index is 13.3. The number of carbonyl (C=O) groups excluding carboxylic acids is 2. The van der Waals surface area contributed by atoms with Crippen LogP contribution in [0.4, 0.5) is 4.39 Å². The molecule has 0 radical (unpaired) electrons. The monoisotopic (exact) mass is 336 g/mol. The Kier molecular flexibility index (Phi) is 7.03. The van der Waals surface area contributed by atoms with E-state index < -0.39 is 11.9 Å². The smallest absolute Gasteiger partial charge is 0.242 e. The van der Waals surface area contributed by atoms with Crippen LogP contribution < -0.4 is 15.4 Å². The van der Waals surface area contributed by atoms with Gasteiger partial charge in [-0.1, -0.05) is 25.0 Å². The van der Waals surface area contributed by atoms with E-state index in [4.69, 9.17) is 4.74 Å². The van der Waals surface area contributed by atoms with Crippen molar-refractivity contribution in [3.8, 4) is 5.75 Å². The highest BCUT2D eigenvalue weighted by atomic mass is 19.1. The number of hydrogen-bond donors (Lipinski definition) is 2.